The fourth-order valence-electron chi connectivity index (χ4n) is 3.10. The van der Waals surface area contributed by atoms with Crippen LogP contribution in [0.4, 0.5) is 0 Å². The van der Waals surface area contributed by atoms with E-state index in [9.17, 15) is 0 Å². The molecule has 2 N–H and O–H groups in total. The highest BCUT2D eigenvalue weighted by Crippen LogP contribution is 2.21. The topological polar surface area (TPSA) is 64.1 Å². The Hall–Kier alpha value is -2.57. The SMILES string of the molecule is CN=C(NCCCOCC1CCOC1)NCc1cccc(Oc2ccccc2)c1. The van der Waals surface area contributed by atoms with Crippen LogP contribution in [0.3, 0.4) is 0 Å². The number of nitrogens with one attached hydrogen (secondary N) is 2. The maximum atomic E-state index is 5.90. The van der Waals surface area contributed by atoms with Crippen molar-refractivity contribution in [2.75, 3.05) is 40.0 Å². The van der Waals surface area contributed by atoms with Crippen molar-refractivity contribution < 1.29 is 14.2 Å². The van der Waals surface area contributed by atoms with Crippen molar-refractivity contribution >= 4 is 5.96 Å². The van der Waals surface area contributed by atoms with Crippen molar-refractivity contribution in [2.24, 2.45) is 10.9 Å². The molecule has 6 nitrogen and oxygen atoms in total. The van der Waals surface area contributed by atoms with Crippen LogP contribution in [-0.4, -0.2) is 46.0 Å². The smallest absolute Gasteiger partial charge is 0.191 e. The van der Waals surface area contributed by atoms with Crippen molar-refractivity contribution in [1.82, 2.24) is 10.6 Å². The van der Waals surface area contributed by atoms with Crippen LogP contribution in [0.5, 0.6) is 11.5 Å². The summed E-state index contributed by atoms with van der Waals surface area (Å²) in [6.45, 7) is 4.75. The van der Waals surface area contributed by atoms with Gasteiger partial charge < -0.3 is 24.8 Å². The fourth-order valence-corrected chi connectivity index (χ4v) is 3.10. The van der Waals surface area contributed by atoms with Crippen molar-refractivity contribution in [3.05, 3.63) is 60.2 Å². The van der Waals surface area contributed by atoms with Crippen LogP contribution in [0.15, 0.2) is 59.6 Å². The van der Waals surface area contributed by atoms with E-state index in [1.807, 2.05) is 48.5 Å². The van der Waals surface area contributed by atoms with Crippen LogP contribution in [0.1, 0.15) is 18.4 Å². The Morgan fingerprint density at radius 3 is 2.76 bits per heavy atom. The van der Waals surface area contributed by atoms with E-state index in [4.69, 9.17) is 14.2 Å². The quantitative estimate of drug-likeness (QED) is 0.364. The summed E-state index contributed by atoms with van der Waals surface area (Å²) >= 11 is 0. The maximum absolute atomic E-state index is 5.90. The molecule has 1 atom stereocenters. The first-order chi connectivity index (χ1) is 14.3. The lowest BCUT2D eigenvalue weighted by Gasteiger charge is -2.13. The van der Waals surface area contributed by atoms with E-state index in [0.717, 1.165) is 68.8 Å². The molecule has 156 valence electrons. The second-order valence-electron chi connectivity index (χ2n) is 7.07. The summed E-state index contributed by atoms with van der Waals surface area (Å²) in [4.78, 5) is 4.28. The molecule has 1 heterocycles. The van der Waals surface area contributed by atoms with E-state index < -0.39 is 0 Å². The summed E-state index contributed by atoms with van der Waals surface area (Å²) in [5, 5.41) is 6.66. The molecule has 2 aromatic rings. The lowest BCUT2D eigenvalue weighted by molar-refractivity contribution is 0.0888. The highest BCUT2D eigenvalue weighted by molar-refractivity contribution is 5.79. The molecule has 3 rings (SSSR count). The molecule has 1 saturated heterocycles. The van der Waals surface area contributed by atoms with Crippen molar-refractivity contribution in [3.63, 3.8) is 0 Å². The van der Waals surface area contributed by atoms with Gasteiger partial charge in [-0.2, -0.15) is 0 Å². The number of nitrogens with zero attached hydrogens (tertiary/aromatic N) is 1. The number of ether oxygens (including phenoxy) is 3. The molecule has 2 aromatic carbocycles. The zero-order valence-corrected chi connectivity index (χ0v) is 17.1. The minimum atomic E-state index is 0.569. The summed E-state index contributed by atoms with van der Waals surface area (Å²) in [7, 11) is 1.78. The van der Waals surface area contributed by atoms with Gasteiger partial charge in [0.2, 0.25) is 0 Å². The second kappa shape index (κ2) is 12.1. The summed E-state index contributed by atoms with van der Waals surface area (Å²) < 4.78 is 17.0. The Morgan fingerprint density at radius 2 is 1.97 bits per heavy atom. The van der Waals surface area contributed by atoms with Gasteiger partial charge in [-0.1, -0.05) is 30.3 Å². The molecule has 0 spiro atoms. The van der Waals surface area contributed by atoms with Crippen molar-refractivity contribution in [1.29, 1.82) is 0 Å². The molecule has 0 radical (unpaired) electrons. The Kier molecular flexibility index (Phi) is 8.82. The average Bonchev–Trinajstić information content (AvgIpc) is 3.27. The third-order valence-electron chi connectivity index (χ3n) is 4.70. The molecular formula is C23H31N3O3. The molecule has 6 heteroatoms. The number of guanidine groups is 1. The molecule has 1 aliphatic rings. The molecule has 1 fully saturated rings. The van der Waals surface area contributed by atoms with Gasteiger partial charge in [0.15, 0.2) is 5.96 Å². The zero-order chi connectivity index (χ0) is 20.2. The Labute approximate surface area is 173 Å². The molecular weight excluding hydrogens is 366 g/mol. The Balaban J connectivity index is 1.34. The normalized spacial score (nSPS) is 16.6. The van der Waals surface area contributed by atoms with E-state index in [-0.39, 0.29) is 0 Å². The van der Waals surface area contributed by atoms with Crippen LogP contribution in [0, 0.1) is 5.92 Å². The summed E-state index contributed by atoms with van der Waals surface area (Å²) in [6, 6.07) is 17.9. The maximum Gasteiger partial charge on any atom is 0.191 e. The first-order valence-corrected chi connectivity index (χ1v) is 10.3. The van der Waals surface area contributed by atoms with Gasteiger partial charge in [0.1, 0.15) is 11.5 Å². The van der Waals surface area contributed by atoms with E-state index in [2.05, 4.69) is 21.7 Å². The van der Waals surface area contributed by atoms with Crippen LogP contribution in [0.25, 0.3) is 0 Å². The molecule has 0 aliphatic carbocycles. The lowest BCUT2D eigenvalue weighted by atomic mass is 10.1. The monoisotopic (exact) mass is 397 g/mol. The largest absolute Gasteiger partial charge is 0.457 e. The van der Waals surface area contributed by atoms with Gasteiger partial charge in [-0.05, 0) is 42.7 Å². The Bertz CT molecular complexity index is 746. The molecule has 1 aliphatic heterocycles. The van der Waals surface area contributed by atoms with E-state index in [1.165, 1.54) is 0 Å². The van der Waals surface area contributed by atoms with Gasteiger partial charge in [-0.25, -0.2) is 0 Å². The first kappa shape index (κ1) is 21.1. The van der Waals surface area contributed by atoms with Crippen molar-refractivity contribution in [2.45, 2.75) is 19.4 Å². The third-order valence-corrected chi connectivity index (χ3v) is 4.70. The first-order valence-electron chi connectivity index (χ1n) is 10.3. The molecule has 0 aromatic heterocycles. The van der Waals surface area contributed by atoms with Gasteiger partial charge in [0, 0.05) is 39.3 Å². The minimum absolute atomic E-state index is 0.569. The van der Waals surface area contributed by atoms with E-state index >= 15 is 0 Å². The van der Waals surface area contributed by atoms with Crippen LogP contribution in [0.2, 0.25) is 0 Å². The minimum Gasteiger partial charge on any atom is -0.457 e. The van der Waals surface area contributed by atoms with Gasteiger partial charge in [0.25, 0.3) is 0 Å². The molecule has 29 heavy (non-hydrogen) atoms. The standard InChI is InChI=1S/C23H31N3O3/c1-24-23(25-12-6-13-27-17-20-11-14-28-18-20)26-16-19-7-5-10-22(15-19)29-21-8-3-2-4-9-21/h2-5,7-10,15,20H,6,11-14,16-18H2,1H3,(H2,24,25,26). The number of hydrogen-bond donors (Lipinski definition) is 2. The van der Waals surface area contributed by atoms with E-state index in [0.29, 0.717) is 12.5 Å². The summed E-state index contributed by atoms with van der Waals surface area (Å²) in [5.74, 6) is 3.00. The molecule has 0 amide bonds. The third kappa shape index (κ3) is 7.75. The number of hydrogen-bond acceptors (Lipinski definition) is 4. The van der Waals surface area contributed by atoms with Crippen LogP contribution in [-0.2, 0) is 16.0 Å². The number of para-hydroxylation sites is 1. The number of rotatable bonds is 10. The van der Waals surface area contributed by atoms with Gasteiger partial charge in [0.05, 0.1) is 13.2 Å². The predicted molar refractivity (Wildman–Crippen MR) is 116 cm³/mol. The van der Waals surface area contributed by atoms with Gasteiger partial charge >= 0.3 is 0 Å². The van der Waals surface area contributed by atoms with Gasteiger partial charge in [-0.3, -0.25) is 4.99 Å². The van der Waals surface area contributed by atoms with Crippen molar-refractivity contribution in [3.8, 4) is 11.5 Å². The molecule has 0 bridgehead atoms. The fraction of sp³-hybridized carbons (Fsp3) is 0.435. The number of benzene rings is 2. The van der Waals surface area contributed by atoms with Gasteiger partial charge in [-0.15, -0.1) is 0 Å². The predicted octanol–water partition coefficient (Wildman–Crippen LogP) is 3.59. The molecule has 0 saturated carbocycles. The summed E-state index contributed by atoms with van der Waals surface area (Å²) in [5.41, 5.74) is 1.13. The molecule has 1 unspecified atom stereocenters. The highest BCUT2D eigenvalue weighted by Gasteiger charge is 2.15. The lowest BCUT2D eigenvalue weighted by Crippen LogP contribution is -2.37. The average molecular weight is 398 g/mol. The number of aliphatic imine (C=N–C) groups is 1. The van der Waals surface area contributed by atoms with E-state index in [1.54, 1.807) is 7.05 Å². The zero-order valence-electron chi connectivity index (χ0n) is 17.1. The second-order valence-corrected chi connectivity index (χ2v) is 7.07. The Morgan fingerprint density at radius 1 is 1.10 bits per heavy atom. The van der Waals surface area contributed by atoms with Crippen LogP contribution >= 0.6 is 0 Å². The highest BCUT2D eigenvalue weighted by atomic mass is 16.5. The van der Waals surface area contributed by atoms with Crippen LogP contribution < -0.4 is 15.4 Å². The summed E-state index contributed by atoms with van der Waals surface area (Å²) in [6.07, 6.45) is 2.06.